The van der Waals surface area contributed by atoms with E-state index >= 15 is 0 Å². The van der Waals surface area contributed by atoms with Crippen LogP contribution in [0.3, 0.4) is 0 Å². The van der Waals surface area contributed by atoms with Gasteiger partial charge < -0.3 is 14.4 Å². The van der Waals surface area contributed by atoms with Crippen molar-refractivity contribution in [2.75, 3.05) is 32.8 Å². The quantitative estimate of drug-likeness (QED) is 0.641. The van der Waals surface area contributed by atoms with Crippen LogP contribution in [0.25, 0.3) is 11.1 Å². The summed E-state index contributed by atoms with van der Waals surface area (Å²) in [6.07, 6.45) is 4.05. The Labute approximate surface area is 196 Å². The number of likely N-dealkylation sites (tertiary alicyclic amines) is 1. The molecule has 1 atom stereocenters. The molecule has 2 saturated heterocycles. The zero-order valence-electron chi connectivity index (χ0n) is 18.6. The molecule has 0 saturated carbocycles. The number of hydrogen-bond donors (Lipinski definition) is 0. The standard InChI is InChI=1S/C23H25ClFN5O3/c1-14-21(15(2)30(28-14)11-23(25)12-32-13-23)16-3-5-27-20(7-16)33-17-4-6-29(10-17)18-8-26-9-19(31)22(18)24/h3,5,7-8,17H,4,6,9-13H2,1-2H3/t17-/m1/s1. The van der Waals surface area contributed by atoms with Gasteiger partial charge in [0, 0.05) is 42.7 Å². The van der Waals surface area contributed by atoms with Gasteiger partial charge >= 0.3 is 0 Å². The minimum absolute atomic E-state index is 0.0925. The van der Waals surface area contributed by atoms with Crippen LogP contribution in [0.2, 0.25) is 0 Å². The maximum atomic E-state index is 14.6. The molecule has 0 bridgehead atoms. The van der Waals surface area contributed by atoms with Gasteiger partial charge in [0.05, 0.1) is 37.7 Å². The number of ketones is 1. The number of aryl methyl sites for hydroxylation is 1. The third kappa shape index (κ3) is 4.27. The van der Waals surface area contributed by atoms with Crippen LogP contribution in [0.4, 0.5) is 4.39 Å². The van der Waals surface area contributed by atoms with Crippen molar-refractivity contribution in [2.45, 2.75) is 38.6 Å². The van der Waals surface area contributed by atoms with Crippen LogP contribution in [0.15, 0.2) is 34.1 Å². The number of halogens is 2. The number of nitrogens with zero attached hydrogens (tertiary/aromatic N) is 5. The van der Waals surface area contributed by atoms with Crippen LogP contribution >= 0.6 is 11.6 Å². The number of rotatable bonds is 6. The first-order valence-electron chi connectivity index (χ1n) is 10.9. The van der Waals surface area contributed by atoms with Crippen LogP contribution in [0.5, 0.6) is 5.88 Å². The van der Waals surface area contributed by atoms with Crippen LogP contribution in [0.1, 0.15) is 17.8 Å². The number of ether oxygens (including phenoxy) is 2. The lowest BCUT2D eigenvalue weighted by molar-refractivity contribution is -0.139. The largest absolute Gasteiger partial charge is 0.472 e. The molecular weight excluding hydrogens is 449 g/mol. The average molecular weight is 474 g/mol. The van der Waals surface area contributed by atoms with Crippen LogP contribution in [0, 0.1) is 13.8 Å². The van der Waals surface area contributed by atoms with Crippen molar-refractivity contribution in [1.29, 1.82) is 0 Å². The van der Waals surface area contributed by atoms with Crippen LogP contribution < -0.4 is 4.74 Å². The van der Waals surface area contributed by atoms with Crippen molar-refractivity contribution < 1.29 is 18.7 Å². The maximum absolute atomic E-state index is 14.6. The molecule has 0 aliphatic carbocycles. The summed E-state index contributed by atoms with van der Waals surface area (Å²) in [5, 5.41) is 4.79. The number of carbonyl (C=O) groups is 1. The summed E-state index contributed by atoms with van der Waals surface area (Å²) >= 11 is 6.20. The summed E-state index contributed by atoms with van der Waals surface area (Å²) in [5.74, 6) is 0.344. The number of aromatic nitrogens is 3. The second-order valence-electron chi connectivity index (χ2n) is 8.80. The molecule has 2 aromatic heterocycles. The zero-order valence-corrected chi connectivity index (χ0v) is 19.3. The molecule has 10 heteroatoms. The Kier molecular flexibility index (Phi) is 5.70. The lowest BCUT2D eigenvalue weighted by Crippen LogP contribution is -2.49. The van der Waals surface area contributed by atoms with Crippen LogP contribution in [-0.4, -0.2) is 76.3 Å². The molecule has 0 radical (unpaired) electrons. The molecule has 0 amide bonds. The van der Waals surface area contributed by atoms with Crippen molar-refractivity contribution in [3.8, 4) is 17.0 Å². The van der Waals surface area contributed by atoms with E-state index in [9.17, 15) is 9.18 Å². The van der Waals surface area contributed by atoms with E-state index in [4.69, 9.17) is 21.1 Å². The minimum atomic E-state index is -1.35. The van der Waals surface area contributed by atoms with Gasteiger partial charge in [-0.1, -0.05) is 11.6 Å². The molecular formula is C23H25ClFN5O3. The third-order valence-electron chi connectivity index (χ3n) is 6.25. The molecule has 0 unspecified atom stereocenters. The van der Waals surface area contributed by atoms with Gasteiger partial charge in [-0.05, 0) is 25.5 Å². The van der Waals surface area contributed by atoms with E-state index < -0.39 is 5.67 Å². The normalized spacial score (nSPS) is 22.1. The van der Waals surface area contributed by atoms with Gasteiger partial charge in [0.25, 0.3) is 0 Å². The molecule has 2 aromatic rings. The van der Waals surface area contributed by atoms with Crippen molar-refractivity contribution in [3.63, 3.8) is 0 Å². The van der Waals surface area contributed by atoms with E-state index in [-0.39, 0.29) is 43.2 Å². The monoisotopic (exact) mass is 473 g/mol. The Balaban J connectivity index is 1.31. The van der Waals surface area contributed by atoms with Gasteiger partial charge in [-0.3, -0.25) is 14.5 Å². The second-order valence-corrected chi connectivity index (χ2v) is 9.17. The number of aliphatic imine (C=N–C) groups is 1. The highest BCUT2D eigenvalue weighted by atomic mass is 35.5. The highest BCUT2D eigenvalue weighted by Gasteiger charge is 2.40. The number of alkyl halides is 1. The Morgan fingerprint density at radius 3 is 2.94 bits per heavy atom. The van der Waals surface area contributed by atoms with Gasteiger partial charge in [-0.25, -0.2) is 9.37 Å². The molecule has 5 rings (SSSR count). The molecule has 5 heterocycles. The third-order valence-corrected chi connectivity index (χ3v) is 6.66. The number of hydrogen-bond acceptors (Lipinski definition) is 7. The molecule has 0 spiro atoms. The Morgan fingerprint density at radius 2 is 2.18 bits per heavy atom. The molecule has 0 N–H and O–H groups in total. The summed E-state index contributed by atoms with van der Waals surface area (Å²) in [6, 6.07) is 3.79. The smallest absolute Gasteiger partial charge is 0.214 e. The summed E-state index contributed by atoms with van der Waals surface area (Å²) in [6.45, 7) is 5.66. The van der Waals surface area contributed by atoms with Gasteiger partial charge in [0.2, 0.25) is 5.88 Å². The molecule has 174 valence electrons. The van der Waals surface area contributed by atoms with Crippen molar-refractivity contribution in [2.24, 2.45) is 4.99 Å². The second kappa shape index (κ2) is 8.53. The fraction of sp³-hybridized carbons (Fsp3) is 0.478. The fourth-order valence-electron chi connectivity index (χ4n) is 4.50. The summed E-state index contributed by atoms with van der Waals surface area (Å²) in [4.78, 5) is 22.3. The number of Topliss-reactive ketones (excluding diaryl/α,β-unsaturated/α-hetero) is 1. The predicted octanol–water partition coefficient (Wildman–Crippen LogP) is 2.86. The fourth-order valence-corrected chi connectivity index (χ4v) is 4.73. The molecule has 2 fully saturated rings. The van der Waals surface area contributed by atoms with E-state index in [1.807, 2.05) is 30.9 Å². The van der Waals surface area contributed by atoms with E-state index in [2.05, 4.69) is 15.1 Å². The minimum Gasteiger partial charge on any atom is -0.472 e. The Bertz CT molecular complexity index is 1160. The first kappa shape index (κ1) is 22.0. The van der Waals surface area contributed by atoms with E-state index in [0.717, 1.165) is 35.5 Å². The van der Waals surface area contributed by atoms with Gasteiger partial charge in [-0.2, -0.15) is 5.10 Å². The number of allylic oxidation sites excluding steroid dienone is 1. The number of carbonyl (C=O) groups excluding carboxylic acids is 1. The number of pyridine rings is 1. The van der Waals surface area contributed by atoms with Crippen molar-refractivity contribution in [1.82, 2.24) is 19.7 Å². The van der Waals surface area contributed by atoms with E-state index in [1.54, 1.807) is 17.1 Å². The molecule has 33 heavy (non-hydrogen) atoms. The lowest BCUT2D eigenvalue weighted by Gasteiger charge is -2.33. The molecule has 8 nitrogen and oxygen atoms in total. The van der Waals surface area contributed by atoms with Crippen molar-refractivity contribution >= 4 is 23.6 Å². The highest BCUT2D eigenvalue weighted by molar-refractivity contribution is 6.44. The van der Waals surface area contributed by atoms with E-state index in [0.29, 0.717) is 18.1 Å². The lowest BCUT2D eigenvalue weighted by atomic mass is 10.0. The van der Waals surface area contributed by atoms with Gasteiger partial charge in [0.15, 0.2) is 11.5 Å². The number of dihydropyridines is 1. The molecule has 3 aliphatic rings. The summed E-state index contributed by atoms with van der Waals surface area (Å²) in [5.41, 5.74) is 2.89. The van der Waals surface area contributed by atoms with Gasteiger partial charge in [-0.15, -0.1) is 0 Å². The zero-order chi connectivity index (χ0) is 23.2. The first-order valence-corrected chi connectivity index (χ1v) is 11.3. The van der Waals surface area contributed by atoms with Gasteiger partial charge in [0.1, 0.15) is 17.7 Å². The topological polar surface area (TPSA) is 81.8 Å². The Hall–Kier alpha value is -2.78. The van der Waals surface area contributed by atoms with Crippen molar-refractivity contribution in [3.05, 3.63) is 40.4 Å². The summed E-state index contributed by atoms with van der Waals surface area (Å²) < 4.78 is 27.5. The predicted molar refractivity (Wildman–Crippen MR) is 121 cm³/mol. The van der Waals surface area contributed by atoms with Crippen LogP contribution in [-0.2, 0) is 16.1 Å². The molecule has 0 aromatic carbocycles. The SMILES string of the molecule is Cc1nn(CC2(F)COC2)c(C)c1-c1ccnc(O[C@@H]2CCN(C3=C(Cl)C(=O)CN=C3)C2)c1. The maximum Gasteiger partial charge on any atom is 0.214 e. The Morgan fingerprint density at radius 1 is 1.36 bits per heavy atom. The molecule has 3 aliphatic heterocycles. The summed E-state index contributed by atoms with van der Waals surface area (Å²) in [7, 11) is 0. The highest BCUT2D eigenvalue weighted by Crippen LogP contribution is 2.32. The average Bonchev–Trinajstić information content (AvgIpc) is 3.33. The van der Waals surface area contributed by atoms with E-state index in [1.165, 1.54) is 0 Å². The first-order chi connectivity index (χ1) is 15.8.